The van der Waals surface area contributed by atoms with E-state index in [0.29, 0.717) is 25.2 Å². The Balaban J connectivity index is 2.22. The Hall–Kier alpha value is -1.36. The fourth-order valence-electron chi connectivity index (χ4n) is 2.86. The van der Waals surface area contributed by atoms with Gasteiger partial charge in [-0.3, -0.25) is 9.59 Å². The molecule has 0 aromatic heterocycles. The van der Waals surface area contributed by atoms with Crippen LogP contribution in [0.2, 0.25) is 0 Å². The number of carbonyl (C=O) groups is 2. The van der Waals surface area contributed by atoms with E-state index in [4.69, 9.17) is 0 Å². The molecular formula is C17H23BrN2O2. The Morgan fingerprint density at radius 1 is 1.32 bits per heavy atom. The summed E-state index contributed by atoms with van der Waals surface area (Å²) in [6.45, 7) is 6.03. The monoisotopic (exact) mass is 366 g/mol. The molecule has 0 radical (unpaired) electrons. The molecule has 1 fully saturated rings. The van der Waals surface area contributed by atoms with E-state index >= 15 is 0 Å². The third kappa shape index (κ3) is 3.69. The second-order valence-electron chi connectivity index (χ2n) is 5.58. The number of piperazine rings is 1. The summed E-state index contributed by atoms with van der Waals surface area (Å²) in [5, 5.41) is 0. The van der Waals surface area contributed by atoms with E-state index in [0.717, 1.165) is 23.7 Å². The molecule has 5 heteroatoms. The molecule has 2 rings (SSSR count). The molecule has 2 amide bonds. The number of amides is 2. The van der Waals surface area contributed by atoms with E-state index in [1.807, 2.05) is 30.0 Å². The summed E-state index contributed by atoms with van der Waals surface area (Å²) in [4.78, 5) is 29.0. The Bertz CT molecular complexity index is 547. The van der Waals surface area contributed by atoms with Crippen molar-refractivity contribution in [3.8, 4) is 0 Å². The van der Waals surface area contributed by atoms with E-state index in [1.165, 1.54) is 0 Å². The Morgan fingerprint density at radius 3 is 2.73 bits per heavy atom. The first-order valence-electron chi connectivity index (χ1n) is 7.93. The number of halogens is 1. The second kappa shape index (κ2) is 7.77. The SMILES string of the molecule is CCCCC1C(=O)N(CC)CCN1C(=O)c1cccc(Br)c1. The van der Waals surface area contributed by atoms with Crippen molar-refractivity contribution in [1.29, 1.82) is 0 Å². The van der Waals surface area contributed by atoms with Gasteiger partial charge in [-0.1, -0.05) is 41.8 Å². The molecule has 4 nitrogen and oxygen atoms in total. The van der Waals surface area contributed by atoms with Crippen LogP contribution in [-0.4, -0.2) is 47.3 Å². The number of carbonyl (C=O) groups excluding carboxylic acids is 2. The van der Waals surface area contributed by atoms with Crippen LogP contribution in [0.1, 0.15) is 43.5 Å². The van der Waals surface area contributed by atoms with Crippen LogP contribution >= 0.6 is 15.9 Å². The molecule has 1 aromatic rings. The molecule has 1 unspecified atom stereocenters. The van der Waals surface area contributed by atoms with Crippen molar-refractivity contribution in [3.63, 3.8) is 0 Å². The Labute approximate surface area is 140 Å². The molecule has 1 aliphatic rings. The van der Waals surface area contributed by atoms with Crippen LogP contribution in [0.5, 0.6) is 0 Å². The molecule has 0 bridgehead atoms. The Kier molecular flexibility index (Phi) is 6.00. The van der Waals surface area contributed by atoms with Crippen molar-refractivity contribution < 1.29 is 9.59 Å². The normalized spacial score (nSPS) is 18.7. The van der Waals surface area contributed by atoms with E-state index in [1.54, 1.807) is 11.0 Å². The van der Waals surface area contributed by atoms with Crippen molar-refractivity contribution in [1.82, 2.24) is 9.80 Å². The molecule has 1 heterocycles. The minimum atomic E-state index is -0.319. The third-order valence-electron chi connectivity index (χ3n) is 4.13. The highest BCUT2D eigenvalue weighted by molar-refractivity contribution is 9.10. The zero-order valence-corrected chi connectivity index (χ0v) is 14.8. The van der Waals surface area contributed by atoms with Gasteiger partial charge in [-0.25, -0.2) is 0 Å². The molecular weight excluding hydrogens is 344 g/mol. The lowest BCUT2D eigenvalue weighted by atomic mass is 10.0. The molecule has 1 saturated heterocycles. The van der Waals surface area contributed by atoms with E-state index in [9.17, 15) is 9.59 Å². The summed E-state index contributed by atoms with van der Waals surface area (Å²) in [6, 6.07) is 7.05. The van der Waals surface area contributed by atoms with Gasteiger partial charge in [0.25, 0.3) is 5.91 Å². The number of nitrogens with zero attached hydrogens (tertiary/aromatic N) is 2. The minimum absolute atomic E-state index is 0.0495. The Morgan fingerprint density at radius 2 is 2.09 bits per heavy atom. The van der Waals surface area contributed by atoms with Gasteiger partial charge in [0.1, 0.15) is 6.04 Å². The van der Waals surface area contributed by atoms with E-state index in [2.05, 4.69) is 22.9 Å². The summed E-state index contributed by atoms with van der Waals surface area (Å²) in [5.41, 5.74) is 0.633. The fraction of sp³-hybridized carbons (Fsp3) is 0.529. The summed E-state index contributed by atoms with van der Waals surface area (Å²) in [5.74, 6) is 0.0389. The molecule has 120 valence electrons. The molecule has 1 aromatic carbocycles. The summed E-state index contributed by atoms with van der Waals surface area (Å²) in [6.07, 6.45) is 2.72. The summed E-state index contributed by atoms with van der Waals surface area (Å²) >= 11 is 3.40. The number of hydrogen-bond donors (Lipinski definition) is 0. The van der Waals surface area contributed by atoms with Crippen molar-refractivity contribution in [3.05, 3.63) is 34.3 Å². The summed E-state index contributed by atoms with van der Waals surface area (Å²) in [7, 11) is 0. The van der Waals surface area contributed by atoms with Gasteiger partial charge in [-0.15, -0.1) is 0 Å². The lowest BCUT2D eigenvalue weighted by molar-refractivity contribution is -0.140. The first-order chi connectivity index (χ1) is 10.6. The standard InChI is InChI=1S/C17H23BrN2O2/c1-3-5-9-15-17(22)19(4-2)10-11-20(15)16(21)13-7-6-8-14(18)12-13/h6-8,12,15H,3-5,9-11H2,1-2H3. The minimum Gasteiger partial charge on any atom is -0.339 e. The highest BCUT2D eigenvalue weighted by Gasteiger charge is 2.36. The largest absolute Gasteiger partial charge is 0.339 e. The smallest absolute Gasteiger partial charge is 0.254 e. The van der Waals surface area contributed by atoms with Gasteiger partial charge < -0.3 is 9.80 Å². The van der Waals surface area contributed by atoms with E-state index in [-0.39, 0.29) is 17.9 Å². The van der Waals surface area contributed by atoms with Crippen LogP contribution in [0.15, 0.2) is 28.7 Å². The lowest BCUT2D eigenvalue weighted by Crippen LogP contribution is -2.58. The molecule has 1 aliphatic heterocycles. The van der Waals surface area contributed by atoms with Crippen molar-refractivity contribution in [2.24, 2.45) is 0 Å². The number of benzene rings is 1. The van der Waals surface area contributed by atoms with Gasteiger partial charge >= 0.3 is 0 Å². The fourth-order valence-corrected chi connectivity index (χ4v) is 3.26. The van der Waals surface area contributed by atoms with Crippen molar-refractivity contribution in [2.45, 2.75) is 39.2 Å². The van der Waals surface area contributed by atoms with Gasteiger partial charge in [0.05, 0.1) is 0 Å². The highest BCUT2D eigenvalue weighted by atomic mass is 79.9. The predicted octanol–water partition coefficient (Wildman–Crippen LogP) is 3.31. The average molecular weight is 367 g/mol. The van der Waals surface area contributed by atoms with Crippen LogP contribution in [0.4, 0.5) is 0 Å². The van der Waals surface area contributed by atoms with E-state index < -0.39 is 0 Å². The van der Waals surface area contributed by atoms with Crippen molar-refractivity contribution >= 4 is 27.7 Å². The van der Waals surface area contributed by atoms with Crippen LogP contribution in [0.25, 0.3) is 0 Å². The maximum Gasteiger partial charge on any atom is 0.254 e. The average Bonchev–Trinajstić information content (AvgIpc) is 2.52. The molecule has 0 saturated carbocycles. The van der Waals surface area contributed by atoms with Crippen molar-refractivity contribution in [2.75, 3.05) is 19.6 Å². The van der Waals surface area contributed by atoms with Gasteiger partial charge in [-0.05, 0) is 31.5 Å². The topological polar surface area (TPSA) is 40.6 Å². The van der Waals surface area contributed by atoms with Crippen LogP contribution in [-0.2, 0) is 4.79 Å². The van der Waals surface area contributed by atoms with Crippen LogP contribution in [0, 0.1) is 0 Å². The molecule has 22 heavy (non-hydrogen) atoms. The molecule has 0 N–H and O–H groups in total. The molecule has 0 aliphatic carbocycles. The van der Waals surface area contributed by atoms with Gasteiger partial charge in [0.15, 0.2) is 0 Å². The number of rotatable bonds is 5. The van der Waals surface area contributed by atoms with Gasteiger partial charge in [0, 0.05) is 29.7 Å². The summed E-state index contributed by atoms with van der Waals surface area (Å²) < 4.78 is 0.877. The number of hydrogen-bond acceptors (Lipinski definition) is 2. The predicted molar refractivity (Wildman–Crippen MR) is 90.7 cm³/mol. The molecule has 1 atom stereocenters. The highest BCUT2D eigenvalue weighted by Crippen LogP contribution is 2.21. The number of likely N-dealkylation sites (N-methyl/N-ethyl adjacent to an activating group) is 1. The zero-order chi connectivity index (χ0) is 16.1. The van der Waals surface area contributed by atoms with Crippen LogP contribution in [0.3, 0.4) is 0 Å². The quantitative estimate of drug-likeness (QED) is 0.801. The first-order valence-corrected chi connectivity index (χ1v) is 8.73. The second-order valence-corrected chi connectivity index (χ2v) is 6.50. The third-order valence-corrected chi connectivity index (χ3v) is 4.62. The molecule has 0 spiro atoms. The maximum atomic E-state index is 12.8. The maximum absolute atomic E-state index is 12.8. The number of unbranched alkanes of at least 4 members (excludes halogenated alkanes) is 1. The zero-order valence-electron chi connectivity index (χ0n) is 13.2. The first kappa shape index (κ1) is 17.0. The van der Waals surface area contributed by atoms with Crippen LogP contribution < -0.4 is 0 Å². The lowest BCUT2D eigenvalue weighted by Gasteiger charge is -2.40. The van der Waals surface area contributed by atoms with Gasteiger partial charge in [0.2, 0.25) is 5.91 Å². The van der Waals surface area contributed by atoms with Gasteiger partial charge in [-0.2, -0.15) is 0 Å².